The number of amides is 5. The molecule has 0 aliphatic carbocycles. The molecule has 298 valence electrons. The summed E-state index contributed by atoms with van der Waals surface area (Å²) in [6.45, 7) is 14.3. The summed E-state index contributed by atoms with van der Waals surface area (Å²) in [5.74, 6) is -3.30. The Kier molecular flexibility index (Phi) is 18.0. The molecule has 0 spiro atoms. The van der Waals surface area contributed by atoms with Gasteiger partial charge in [0.15, 0.2) is 0 Å². The third-order valence-corrected chi connectivity index (χ3v) is 7.75. The molecule has 0 aliphatic heterocycles. The van der Waals surface area contributed by atoms with Gasteiger partial charge in [0.25, 0.3) is 0 Å². The van der Waals surface area contributed by atoms with E-state index in [9.17, 15) is 33.9 Å². The van der Waals surface area contributed by atoms with Crippen LogP contribution in [0.25, 0.3) is 0 Å². The normalized spacial score (nSPS) is 13.7. The largest absolute Gasteiger partial charge is 0.480 e. The number of carboxylic acids is 1. The van der Waals surface area contributed by atoms with Gasteiger partial charge in [-0.2, -0.15) is 0 Å². The van der Waals surface area contributed by atoms with E-state index in [-0.39, 0.29) is 38.1 Å². The molecule has 5 amide bonds. The maximum atomic E-state index is 14.0. The maximum absolute atomic E-state index is 14.0. The Bertz CT molecular complexity index is 1520. The minimum Gasteiger partial charge on any atom is -0.480 e. The van der Waals surface area contributed by atoms with Gasteiger partial charge in [-0.1, -0.05) is 74.5 Å². The van der Waals surface area contributed by atoms with Crippen molar-refractivity contribution in [1.82, 2.24) is 26.6 Å². The molecular formula is C40H59N5O9. The molecule has 0 aliphatic rings. The Morgan fingerprint density at radius 2 is 1.02 bits per heavy atom. The minimum atomic E-state index is -1.25. The van der Waals surface area contributed by atoms with Crippen LogP contribution in [0.5, 0.6) is 0 Å². The molecule has 0 heterocycles. The van der Waals surface area contributed by atoms with E-state index in [1.807, 2.05) is 50.2 Å². The predicted molar refractivity (Wildman–Crippen MR) is 204 cm³/mol. The quantitative estimate of drug-likeness (QED) is 0.111. The lowest BCUT2D eigenvalue weighted by atomic mass is 9.99. The molecule has 0 unspecified atom stereocenters. The smallest absolute Gasteiger partial charge is 0.408 e. The first kappa shape index (κ1) is 45.0. The second-order valence-electron chi connectivity index (χ2n) is 15.7. The molecule has 0 bridgehead atoms. The average molecular weight is 754 g/mol. The molecule has 2 aromatic rings. The molecule has 14 heteroatoms. The van der Waals surface area contributed by atoms with Crippen molar-refractivity contribution in [3.63, 3.8) is 0 Å². The van der Waals surface area contributed by atoms with Crippen molar-refractivity contribution in [2.75, 3.05) is 6.54 Å². The summed E-state index contributed by atoms with van der Waals surface area (Å²) in [5.41, 5.74) is 0.0215. The van der Waals surface area contributed by atoms with Crippen LogP contribution in [0.4, 0.5) is 9.59 Å². The summed E-state index contributed by atoms with van der Waals surface area (Å²) in [4.78, 5) is 78.3. The van der Waals surface area contributed by atoms with Crippen LogP contribution in [0, 0.1) is 5.92 Å². The molecule has 2 rings (SSSR count). The first-order valence-corrected chi connectivity index (χ1v) is 18.4. The van der Waals surface area contributed by atoms with Crippen LogP contribution in [0.15, 0.2) is 60.7 Å². The van der Waals surface area contributed by atoms with Gasteiger partial charge in [-0.25, -0.2) is 14.4 Å². The van der Waals surface area contributed by atoms with E-state index in [1.165, 1.54) is 0 Å². The number of carboxylic acid groups (broad SMARTS) is 1. The van der Waals surface area contributed by atoms with Crippen LogP contribution >= 0.6 is 0 Å². The van der Waals surface area contributed by atoms with Gasteiger partial charge < -0.3 is 41.2 Å². The van der Waals surface area contributed by atoms with E-state index in [2.05, 4.69) is 26.6 Å². The fraction of sp³-hybridized carbons (Fsp3) is 0.550. The zero-order valence-electron chi connectivity index (χ0n) is 32.8. The lowest BCUT2D eigenvalue weighted by Crippen LogP contribution is -2.58. The zero-order valence-corrected chi connectivity index (χ0v) is 32.8. The fourth-order valence-corrected chi connectivity index (χ4v) is 5.32. The number of hydrogen-bond donors (Lipinski definition) is 6. The molecule has 0 fully saturated rings. The van der Waals surface area contributed by atoms with Gasteiger partial charge in [0, 0.05) is 19.4 Å². The number of carbonyl (C=O) groups excluding carboxylic acids is 5. The Labute approximate surface area is 318 Å². The van der Waals surface area contributed by atoms with Gasteiger partial charge in [-0.3, -0.25) is 14.4 Å². The van der Waals surface area contributed by atoms with E-state index in [0.29, 0.717) is 12.8 Å². The average Bonchev–Trinajstić information content (AvgIpc) is 3.05. The third kappa shape index (κ3) is 18.6. The van der Waals surface area contributed by atoms with Gasteiger partial charge in [0.05, 0.1) is 0 Å². The highest BCUT2D eigenvalue weighted by Crippen LogP contribution is 2.13. The van der Waals surface area contributed by atoms with E-state index in [0.717, 1.165) is 11.1 Å². The van der Waals surface area contributed by atoms with Crippen molar-refractivity contribution < 1.29 is 43.3 Å². The summed E-state index contributed by atoms with van der Waals surface area (Å²) in [6.07, 6.45) is -0.118. The van der Waals surface area contributed by atoms with Crippen molar-refractivity contribution in [2.45, 2.75) is 129 Å². The van der Waals surface area contributed by atoms with Crippen molar-refractivity contribution in [1.29, 1.82) is 0 Å². The molecule has 2 aromatic carbocycles. The first-order valence-electron chi connectivity index (χ1n) is 18.4. The molecule has 54 heavy (non-hydrogen) atoms. The fourth-order valence-electron chi connectivity index (χ4n) is 5.32. The second kappa shape index (κ2) is 21.5. The monoisotopic (exact) mass is 753 g/mol. The van der Waals surface area contributed by atoms with Crippen LogP contribution in [-0.4, -0.2) is 82.9 Å². The number of hydrogen-bond acceptors (Lipinski definition) is 8. The van der Waals surface area contributed by atoms with Gasteiger partial charge in [-0.05, 0) is 84.3 Å². The second-order valence-corrected chi connectivity index (χ2v) is 15.7. The predicted octanol–water partition coefficient (Wildman–Crippen LogP) is 4.65. The molecule has 0 saturated carbocycles. The van der Waals surface area contributed by atoms with E-state index in [4.69, 9.17) is 9.47 Å². The van der Waals surface area contributed by atoms with E-state index in [1.54, 1.807) is 65.8 Å². The number of rotatable bonds is 19. The lowest BCUT2D eigenvalue weighted by Gasteiger charge is -2.27. The molecule has 0 aromatic heterocycles. The standard InChI is InChI=1S/C40H59N5O9/c1-26(2)23-30(33(46)42-29(36(49)50)21-15-16-22-41-37(51)53-39(3,4)5)43-34(47)31(24-27-17-11-9-12-18-27)44-35(48)32(25-28-19-13-10-14-20-28)45-38(52)54-40(6,7)8/h9-14,17-20,26,29-32H,15-16,21-25H2,1-8H3,(H,41,51)(H,42,46)(H,43,47)(H,44,48)(H,45,52)(H,49,50)/t29-,30+,31+,32+/m0/s1. The molecule has 0 saturated heterocycles. The highest BCUT2D eigenvalue weighted by molar-refractivity contribution is 5.95. The number of aliphatic carboxylic acids is 1. The summed E-state index contributed by atoms with van der Waals surface area (Å²) in [7, 11) is 0. The van der Waals surface area contributed by atoms with E-state index >= 15 is 0 Å². The molecule has 4 atom stereocenters. The van der Waals surface area contributed by atoms with Crippen molar-refractivity contribution in [3.05, 3.63) is 71.8 Å². The van der Waals surface area contributed by atoms with Crippen molar-refractivity contribution in [2.24, 2.45) is 5.92 Å². The SMILES string of the molecule is CC(C)C[C@@H](NC(=O)[C@@H](Cc1ccccc1)NC(=O)[C@@H](Cc1ccccc1)NC(=O)OC(C)(C)C)C(=O)N[C@@H](CCCCNC(=O)OC(C)(C)C)C(=O)O. The van der Waals surface area contributed by atoms with E-state index < -0.39 is 71.2 Å². The Balaban J connectivity index is 2.23. The number of unbranched alkanes of at least 4 members (excludes halogenated alkanes) is 1. The van der Waals surface area contributed by atoms with Crippen molar-refractivity contribution >= 4 is 35.9 Å². The minimum absolute atomic E-state index is 0.0635. The zero-order chi connectivity index (χ0) is 40.5. The summed E-state index contributed by atoms with van der Waals surface area (Å²) in [6, 6.07) is 13.4. The molecular weight excluding hydrogens is 694 g/mol. The first-order chi connectivity index (χ1) is 25.2. The molecule has 14 nitrogen and oxygen atoms in total. The van der Waals surface area contributed by atoms with Crippen LogP contribution in [-0.2, 0) is 41.5 Å². The topological polar surface area (TPSA) is 201 Å². The Morgan fingerprint density at radius 3 is 1.48 bits per heavy atom. The van der Waals surface area contributed by atoms with Crippen LogP contribution in [0.3, 0.4) is 0 Å². The summed E-state index contributed by atoms with van der Waals surface area (Å²) in [5, 5.41) is 23.3. The van der Waals surface area contributed by atoms with Gasteiger partial charge in [0.1, 0.15) is 35.4 Å². The Hall–Kier alpha value is -5.14. The van der Waals surface area contributed by atoms with Crippen LogP contribution in [0.2, 0.25) is 0 Å². The molecule has 6 N–H and O–H groups in total. The number of benzene rings is 2. The lowest BCUT2D eigenvalue weighted by molar-refractivity contribution is -0.142. The van der Waals surface area contributed by atoms with Crippen LogP contribution < -0.4 is 26.6 Å². The number of carbonyl (C=O) groups is 6. The third-order valence-electron chi connectivity index (χ3n) is 7.75. The summed E-state index contributed by atoms with van der Waals surface area (Å²) >= 11 is 0. The van der Waals surface area contributed by atoms with Crippen LogP contribution in [0.1, 0.15) is 92.2 Å². The molecule has 0 radical (unpaired) electrons. The maximum Gasteiger partial charge on any atom is 0.408 e. The highest BCUT2D eigenvalue weighted by Gasteiger charge is 2.32. The number of nitrogens with one attached hydrogen (secondary N) is 5. The van der Waals surface area contributed by atoms with Gasteiger partial charge >= 0.3 is 18.2 Å². The van der Waals surface area contributed by atoms with Gasteiger partial charge in [-0.15, -0.1) is 0 Å². The van der Waals surface area contributed by atoms with Crippen molar-refractivity contribution in [3.8, 4) is 0 Å². The number of ether oxygens (including phenoxy) is 2. The Morgan fingerprint density at radius 1 is 0.593 bits per heavy atom. The summed E-state index contributed by atoms with van der Waals surface area (Å²) < 4.78 is 10.6. The number of alkyl carbamates (subject to hydrolysis) is 2. The highest BCUT2D eigenvalue weighted by atomic mass is 16.6. The van der Waals surface area contributed by atoms with Gasteiger partial charge in [0.2, 0.25) is 17.7 Å².